The third-order valence-electron chi connectivity index (χ3n) is 2.82. The molecule has 20 heavy (non-hydrogen) atoms. The van der Waals surface area contributed by atoms with Crippen molar-refractivity contribution in [3.05, 3.63) is 28.8 Å². The van der Waals surface area contributed by atoms with E-state index < -0.39 is 0 Å². The minimum absolute atomic E-state index is 0.162. The van der Waals surface area contributed by atoms with E-state index in [1.165, 1.54) is 0 Å². The van der Waals surface area contributed by atoms with Crippen molar-refractivity contribution in [1.29, 1.82) is 5.26 Å². The molecule has 1 unspecified atom stereocenters. The number of nitriles is 1. The molecule has 0 radical (unpaired) electrons. The normalized spacial score (nSPS) is 11.5. The van der Waals surface area contributed by atoms with E-state index in [-0.39, 0.29) is 18.5 Å². The van der Waals surface area contributed by atoms with Gasteiger partial charge in [0.2, 0.25) is 0 Å². The molecule has 0 saturated heterocycles. The first kappa shape index (κ1) is 16.3. The second kappa shape index (κ2) is 8.41. The quantitative estimate of drug-likeness (QED) is 0.845. The average Bonchev–Trinajstić information content (AvgIpc) is 2.42. The number of amides is 2. The van der Waals surface area contributed by atoms with Crippen LogP contribution < -0.4 is 10.6 Å². The van der Waals surface area contributed by atoms with E-state index in [0.29, 0.717) is 23.7 Å². The van der Waals surface area contributed by atoms with Crippen molar-refractivity contribution in [2.45, 2.75) is 32.4 Å². The summed E-state index contributed by atoms with van der Waals surface area (Å²) in [5, 5.41) is 14.7. The molecule has 108 valence electrons. The minimum atomic E-state index is -0.355. The van der Waals surface area contributed by atoms with Gasteiger partial charge in [-0.3, -0.25) is 0 Å². The monoisotopic (exact) mass is 295 g/mol. The van der Waals surface area contributed by atoms with E-state index in [9.17, 15) is 4.79 Å². The van der Waals surface area contributed by atoms with Crippen LogP contribution >= 0.6 is 11.6 Å². The highest BCUT2D eigenvalue weighted by Crippen LogP contribution is 2.25. The number of carbonyl (C=O) groups excluding carboxylic acids is 1. The second-order valence-electron chi connectivity index (χ2n) is 4.26. The number of halogens is 1. The molecule has 0 fully saturated rings. The smallest absolute Gasteiger partial charge is 0.319 e. The maximum atomic E-state index is 11.9. The molecule has 0 bridgehead atoms. The number of hydrogen-bond donors (Lipinski definition) is 2. The maximum absolute atomic E-state index is 11.9. The lowest BCUT2D eigenvalue weighted by Crippen LogP contribution is -2.37. The number of urea groups is 1. The van der Waals surface area contributed by atoms with E-state index in [1.807, 2.05) is 13.0 Å². The lowest BCUT2D eigenvalue weighted by molar-refractivity contribution is 0.185. The first-order valence-electron chi connectivity index (χ1n) is 6.33. The van der Waals surface area contributed by atoms with Crippen molar-refractivity contribution < 1.29 is 9.53 Å². The topological polar surface area (TPSA) is 74.2 Å². The van der Waals surface area contributed by atoms with Crippen LogP contribution in [0, 0.1) is 11.3 Å². The van der Waals surface area contributed by atoms with E-state index >= 15 is 0 Å². The van der Waals surface area contributed by atoms with Crippen LogP contribution in [0.3, 0.4) is 0 Å². The van der Waals surface area contributed by atoms with Crippen molar-refractivity contribution in [3.8, 4) is 6.07 Å². The summed E-state index contributed by atoms with van der Waals surface area (Å²) in [6.07, 6.45) is 0.978. The van der Waals surface area contributed by atoms with Crippen LogP contribution in [0.2, 0.25) is 5.02 Å². The molecule has 0 aromatic heterocycles. The Labute approximate surface area is 123 Å². The fourth-order valence-electron chi connectivity index (χ4n) is 1.72. The summed E-state index contributed by atoms with van der Waals surface area (Å²) in [5.41, 5.74) is 1.32. The van der Waals surface area contributed by atoms with Crippen molar-refractivity contribution in [1.82, 2.24) is 5.32 Å². The molecule has 5 nitrogen and oxygen atoms in total. The zero-order valence-electron chi connectivity index (χ0n) is 11.6. The number of anilines is 1. The van der Waals surface area contributed by atoms with Gasteiger partial charge in [0.05, 0.1) is 19.1 Å². The SMILES string of the molecule is CCC(CC#N)NC(=O)Nc1cccc(Cl)c1COC. The highest BCUT2D eigenvalue weighted by Gasteiger charge is 2.13. The zero-order chi connectivity index (χ0) is 15.0. The number of hydrogen-bond acceptors (Lipinski definition) is 3. The van der Waals surface area contributed by atoms with Crippen LogP contribution in [0.25, 0.3) is 0 Å². The van der Waals surface area contributed by atoms with Crippen LogP contribution in [0.4, 0.5) is 10.5 Å². The Kier molecular flexibility index (Phi) is 6.85. The minimum Gasteiger partial charge on any atom is -0.380 e. The third kappa shape index (κ3) is 4.72. The van der Waals surface area contributed by atoms with Gasteiger partial charge in [0.25, 0.3) is 0 Å². The molecule has 1 rings (SSSR count). The van der Waals surface area contributed by atoms with Crippen LogP contribution in [0.1, 0.15) is 25.3 Å². The summed E-state index contributed by atoms with van der Waals surface area (Å²) in [4.78, 5) is 11.9. The van der Waals surface area contributed by atoms with Gasteiger partial charge in [0.15, 0.2) is 0 Å². The molecule has 0 aliphatic heterocycles. The predicted octanol–water partition coefficient (Wildman–Crippen LogP) is 3.30. The summed E-state index contributed by atoms with van der Waals surface area (Å²) in [5.74, 6) is 0. The number of carbonyl (C=O) groups is 1. The van der Waals surface area contributed by atoms with Crippen molar-refractivity contribution in [3.63, 3.8) is 0 Å². The van der Waals surface area contributed by atoms with Crippen molar-refractivity contribution in [2.24, 2.45) is 0 Å². The van der Waals surface area contributed by atoms with Gasteiger partial charge in [0, 0.05) is 29.4 Å². The molecule has 1 aromatic rings. The Morgan fingerprint density at radius 1 is 1.55 bits per heavy atom. The third-order valence-corrected chi connectivity index (χ3v) is 3.18. The molecule has 0 aliphatic carbocycles. The Balaban J connectivity index is 2.75. The zero-order valence-corrected chi connectivity index (χ0v) is 12.3. The molecule has 2 N–H and O–H groups in total. The molecular weight excluding hydrogens is 278 g/mol. The highest BCUT2D eigenvalue weighted by atomic mass is 35.5. The first-order valence-corrected chi connectivity index (χ1v) is 6.71. The number of methoxy groups -OCH3 is 1. The van der Waals surface area contributed by atoms with Gasteiger partial charge in [-0.05, 0) is 18.6 Å². The van der Waals surface area contributed by atoms with Gasteiger partial charge in [0.1, 0.15) is 0 Å². The van der Waals surface area contributed by atoms with Crippen molar-refractivity contribution in [2.75, 3.05) is 12.4 Å². The number of nitrogens with one attached hydrogen (secondary N) is 2. The fourth-order valence-corrected chi connectivity index (χ4v) is 1.95. The van der Waals surface area contributed by atoms with Crippen LogP contribution in [0.5, 0.6) is 0 Å². The molecule has 2 amide bonds. The molecule has 0 spiro atoms. The number of nitrogens with zero attached hydrogens (tertiary/aromatic N) is 1. The molecule has 6 heteroatoms. The summed E-state index contributed by atoms with van der Waals surface area (Å²) in [6, 6.07) is 6.78. The van der Waals surface area contributed by atoms with Crippen LogP contribution in [0.15, 0.2) is 18.2 Å². The van der Waals surface area contributed by atoms with E-state index in [1.54, 1.807) is 25.3 Å². The Morgan fingerprint density at radius 2 is 2.30 bits per heavy atom. The van der Waals surface area contributed by atoms with Crippen LogP contribution in [-0.2, 0) is 11.3 Å². The molecular formula is C14H18ClN3O2. The van der Waals surface area contributed by atoms with Gasteiger partial charge in [-0.2, -0.15) is 5.26 Å². The van der Waals surface area contributed by atoms with Gasteiger partial charge in [-0.1, -0.05) is 24.6 Å². The van der Waals surface area contributed by atoms with Gasteiger partial charge < -0.3 is 15.4 Å². The Hall–Kier alpha value is -1.77. The predicted molar refractivity (Wildman–Crippen MR) is 78.6 cm³/mol. The first-order chi connectivity index (χ1) is 9.62. The lowest BCUT2D eigenvalue weighted by Gasteiger charge is -2.16. The number of rotatable bonds is 6. The molecule has 1 atom stereocenters. The molecule has 0 aliphatic rings. The van der Waals surface area contributed by atoms with E-state index in [4.69, 9.17) is 21.6 Å². The Bertz CT molecular complexity index is 500. The van der Waals surface area contributed by atoms with Crippen molar-refractivity contribution >= 4 is 23.3 Å². The van der Waals surface area contributed by atoms with E-state index in [0.717, 1.165) is 5.56 Å². The van der Waals surface area contributed by atoms with Crippen LogP contribution in [-0.4, -0.2) is 19.2 Å². The number of benzene rings is 1. The number of ether oxygens (including phenoxy) is 1. The summed E-state index contributed by atoms with van der Waals surface area (Å²) in [6.45, 7) is 2.22. The standard InChI is InChI=1S/C14H18ClN3O2/c1-3-10(7-8-16)17-14(19)18-13-6-4-5-12(15)11(13)9-20-2/h4-6,10H,3,7,9H2,1-2H3,(H2,17,18,19). The molecule has 0 saturated carbocycles. The summed E-state index contributed by atoms with van der Waals surface area (Å²) < 4.78 is 5.07. The maximum Gasteiger partial charge on any atom is 0.319 e. The van der Waals surface area contributed by atoms with Gasteiger partial charge >= 0.3 is 6.03 Å². The molecule has 1 aromatic carbocycles. The van der Waals surface area contributed by atoms with E-state index in [2.05, 4.69) is 10.6 Å². The van der Waals surface area contributed by atoms with Gasteiger partial charge in [-0.15, -0.1) is 0 Å². The summed E-state index contributed by atoms with van der Waals surface area (Å²) >= 11 is 6.08. The Morgan fingerprint density at radius 3 is 2.90 bits per heavy atom. The van der Waals surface area contributed by atoms with Gasteiger partial charge in [-0.25, -0.2) is 4.79 Å². The molecule has 0 heterocycles. The largest absolute Gasteiger partial charge is 0.380 e. The lowest BCUT2D eigenvalue weighted by atomic mass is 10.1. The average molecular weight is 296 g/mol. The summed E-state index contributed by atoms with van der Waals surface area (Å²) in [7, 11) is 1.56. The second-order valence-corrected chi connectivity index (χ2v) is 4.67. The fraction of sp³-hybridized carbons (Fsp3) is 0.429. The highest BCUT2D eigenvalue weighted by molar-refractivity contribution is 6.31.